The smallest absolute Gasteiger partial charge is 0.0712 e. The Labute approximate surface area is 78.5 Å². The van der Waals surface area contributed by atoms with Crippen LogP contribution in [0.4, 0.5) is 0 Å². The molecule has 4 saturated carbocycles. The van der Waals surface area contributed by atoms with Gasteiger partial charge in [0.2, 0.25) is 0 Å². The van der Waals surface area contributed by atoms with Gasteiger partial charge < -0.3 is 10.8 Å². The van der Waals surface area contributed by atoms with E-state index in [-0.39, 0.29) is 11.1 Å². The van der Waals surface area contributed by atoms with Crippen molar-refractivity contribution in [2.75, 3.05) is 0 Å². The fraction of sp³-hybridized carbons (Fsp3) is 1.00. The van der Waals surface area contributed by atoms with Crippen LogP contribution >= 0.6 is 0 Å². The Balaban J connectivity index is 1.91. The van der Waals surface area contributed by atoms with Gasteiger partial charge in [-0.05, 0) is 50.4 Å². The van der Waals surface area contributed by atoms with Crippen molar-refractivity contribution in [3.05, 3.63) is 0 Å². The summed E-state index contributed by atoms with van der Waals surface area (Å²) in [5, 5.41) is 10.5. The molecule has 5 unspecified atom stereocenters. The van der Waals surface area contributed by atoms with Crippen molar-refractivity contribution >= 4 is 0 Å². The summed E-state index contributed by atoms with van der Waals surface area (Å²) in [6.45, 7) is 0. The summed E-state index contributed by atoms with van der Waals surface area (Å²) in [5.74, 6) is 1.52. The predicted molar refractivity (Wildman–Crippen MR) is 49.0 cm³/mol. The molecule has 4 rings (SSSR count). The van der Waals surface area contributed by atoms with Crippen LogP contribution in [0.2, 0.25) is 0 Å². The maximum atomic E-state index is 10.5. The van der Waals surface area contributed by atoms with Crippen molar-refractivity contribution in [3.63, 3.8) is 0 Å². The first-order valence-electron chi connectivity index (χ1n) is 5.57. The first kappa shape index (κ1) is 7.24. The quantitative estimate of drug-likeness (QED) is 0.583. The second-order valence-corrected chi connectivity index (χ2v) is 6.31. The van der Waals surface area contributed by atoms with Gasteiger partial charge in [-0.3, -0.25) is 0 Å². The first-order chi connectivity index (χ1) is 6.05. The van der Waals surface area contributed by atoms with Crippen molar-refractivity contribution in [2.24, 2.45) is 23.0 Å². The molecule has 2 nitrogen and oxygen atoms in total. The van der Waals surface area contributed by atoms with Crippen molar-refractivity contribution in [1.29, 1.82) is 0 Å². The topological polar surface area (TPSA) is 46.2 Å². The lowest BCUT2D eigenvalue weighted by Crippen LogP contribution is -2.57. The highest BCUT2D eigenvalue weighted by Crippen LogP contribution is 2.77. The Kier molecular flexibility index (Phi) is 0.885. The SMILES string of the molecule is NC12CC3CC4(O)CC(C1)C4(C3)C2. The summed E-state index contributed by atoms with van der Waals surface area (Å²) in [7, 11) is 0. The summed E-state index contributed by atoms with van der Waals surface area (Å²) < 4.78 is 0. The van der Waals surface area contributed by atoms with E-state index in [9.17, 15) is 5.11 Å². The molecule has 0 aromatic carbocycles. The normalized spacial score (nSPS) is 72.5. The van der Waals surface area contributed by atoms with E-state index in [0.717, 1.165) is 31.1 Å². The molecule has 72 valence electrons. The van der Waals surface area contributed by atoms with Crippen molar-refractivity contribution in [1.82, 2.24) is 0 Å². The molecule has 3 N–H and O–H groups in total. The molecule has 4 aliphatic rings. The molecular formula is C11H17NO. The fourth-order valence-corrected chi connectivity index (χ4v) is 5.48. The van der Waals surface area contributed by atoms with Gasteiger partial charge in [0.25, 0.3) is 0 Å². The zero-order valence-corrected chi connectivity index (χ0v) is 7.92. The third-order valence-electron chi connectivity index (χ3n) is 5.59. The second-order valence-electron chi connectivity index (χ2n) is 6.31. The molecule has 0 aromatic heterocycles. The summed E-state index contributed by atoms with van der Waals surface area (Å²) in [4.78, 5) is 0. The number of aliphatic hydroxyl groups is 1. The highest BCUT2D eigenvalue weighted by molar-refractivity contribution is 5.28. The van der Waals surface area contributed by atoms with E-state index in [2.05, 4.69) is 0 Å². The van der Waals surface area contributed by atoms with Crippen LogP contribution in [0.1, 0.15) is 38.5 Å². The standard InChI is InChI=1S/C11H17NO/c12-9-1-7-2-10(6-9)8(4-9)5-11(10,13)3-7/h7-8,13H,1-6,12H2. The molecule has 3 bridgehead atoms. The molecule has 13 heavy (non-hydrogen) atoms. The van der Waals surface area contributed by atoms with Crippen LogP contribution in [0.5, 0.6) is 0 Å². The average Bonchev–Trinajstić information content (AvgIpc) is 2.25. The molecule has 4 aliphatic carbocycles. The highest BCUT2D eigenvalue weighted by Gasteiger charge is 2.76. The zero-order valence-electron chi connectivity index (χ0n) is 7.92. The molecule has 5 atom stereocenters. The van der Waals surface area contributed by atoms with Gasteiger partial charge >= 0.3 is 0 Å². The number of hydrogen-bond acceptors (Lipinski definition) is 2. The number of nitrogens with two attached hydrogens (primary N) is 1. The number of fused-ring (bicyclic) bond motifs is 2. The van der Waals surface area contributed by atoms with Crippen LogP contribution in [0.15, 0.2) is 0 Å². The molecule has 0 aromatic rings. The summed E-state index contributed by atoms with van der Waals surface area (Å²) >= 11 is 0. The maximum Gasteiger partial charge on any atom is 0.0712 e. The van der Waals surface area contributed by atoms with Crippen molar-refractivity contribution < 1.29 is 5.11 Å². The lowest BCUT2D eigenvalue weighted by atomic mass is 9.53. The van der Waals surface area contributed by atoms with Gasteiger partial charge in [0.05, 0.1) is 5.60 Å². The van der Waals surface area contributed by atoms with Gasteiger partial charge in [-0.25, -0.2) is 0 Å². The van der Waals surface area contributed by atoms with Crippen molar-refractivity contribution in [3.8, 4) is 0 Å². The summed E-state index contributed by atoms with van der Waals surface area (Å²) in [5.41, 5.74) is 6.52. The Morgan fingerprint density at radius 3 is 2.77 bits per heavy atom. The van der Waals surface area contributed by atoms with E-state index in [1.54, 1.807) is 0 Å². The van der Waals surface area contributed by atoms with Gasteiger partial charge in [-0.2, -0.15) is 0 Å². The van der Waals surface area contributed by atoms with Gasteiger partial charge in [0, 0.05) is 11.0 Å². The lowest BCUT2D eigenvalue weighted by molar-refractivity contribution is -0.176. The zero-order chi connectivity index (χ0) is 8.90. The molecule has 0 radical (unpaired) electrons. The molecule has 1 spiro atoms. The lowest BCUT2D eigenvalue weighted by Gasteiger charge is -2.55. The van der Waals surface area contributed by atoms with Crippen LogP contribution < -0.4 is 5.73 Å². The minimum absolute atomic E-state index is 0.120. The number of rotatable bonds is 0. The molecule has 0 heterocycles. The monoisotopic (exact) mass is 179 g/mol. The molecule has 0 saturated heterocycles. The predicted octanol–water partition coefficient (Wildman–Crippen LogP) is 1.03. The Morgan fingerprint density at radius 1 is 1.08 bits per heavy atom. The van der Waals surface area contributed by atoms with Crippen LogP contribution in [0.25, 0.3) is 0 Å². The Morgan fingerprint density at radius 2 is 1.92 bits per heavy atom. The molecule has 4 fully saturated rings. The van der Waals surface area contributed by atoms with Gasteiger partial charge in [0.1, 0.15) is 0 Å². The molecule has 0 aliphatic heterocycles. The minimum Gasteiger partial charge on any atom is -0.389 e. The van der Waals surface area contributed by atoms with E-state index < -0.39 is 0 Å². The Hall–Kier alpha value is -0.0800. The highest BCUT2D eigenvalue weighted by atomic mass is 16.3. The van der Waals surface area contributed by atoms with Crippen LogP contribution in [-0.2, 0) is 0 Å². The fourth-order valence-electron chi connectivity index (χ4n) is 5.48. The van der Waals surface area contributed by atoms with E-state index >= 15 is 0 Å². The third kappa shape index (κ3) is 0.556. The Bertz CT molecular complexity index is 298. The van der Waals surface area contributed by atoms with E-state index in [4.69, 9.17) is 5.73 Å². The van der Waals surface area contributed by atoms with Gasteiger partial charge in [0.15, 0.2) is 0 Å². The van der Waals surface area contributed by atoms with E-state index in [0.29, 0.717) is 5.41 Å². The van der Waals surface area contributed by atoms with E-state index in [1.165, 1.54) is 19.3 Å². The third-order valence-corrected chi connectivity index (χ3v) is 5.59. The second kappa shape index (κ2) is 1.59. The summed E-state index contributed by atoms with van der Waals surface area (Å²) in [6, 6.07) is 0. The number of hydrogen-bond donors (Lipinski definition) is 2. The van der Waals surface area contributed by atoms with Gasteiger partial charge in [-0.15, -0.1) is 0 Å². The summed E-state index contributed by atoms with van der Waals surface area (Å²) in [6.07, 6.45) is 6.91. The largest absolute Gasteiger partial charge is 0.389 e. The maximum absolute atomic E-state index is 10.5. The van der Waals surface area contributed by atoms with Crippen LogP contribution in [-0.4, -0.2) is 16.2 Å². The van der Waals surface area contributed by atoms with Crippen LogP contribution in [0, 0.1) is 17.3 Å². The van der Waals surface area contributed by atoms with Crippen molar-refractivity contribution in [2.45, 2.75) is 49.7 Å². The molecule has 2 heteroatoms. The first-order valence-corrected chi connectivity index (χ1v) is 5.57. The van der Waals surface area contributed by atoms with Crippen LogP contribution in [0.3, 0.4) is 0 Å². The minimum atomic E-state index is -0.278. The van der Waals surface area contributed by atoms with E-state index in [1.807, 2.05) is 0 Å². The van der Waals surface area contributed by atoms with Gasteiger partial charge in [-0.1, -0.05) is 0 Å². The molecular weight excluding hydrogens is 162 g/mol. The molecule has 0 amide bonds. The average molecular weight is 179 g/mol.